The van der Waals surface area contributed by atoms with E-state index in [1.165, 1.54) is 24.3 Å². The molecule has 136 valence electrons. The number of aromatic nitrogens is 2. The molecule has 9 heteroatoms. The summed E-state index contributed by atoms with van der Waals surface area (Å²) >= 11 is 0. The number of hydrogen-bond donors (Lipinski definition) is 1. The molecule has 1 aliphatic heterocycles. The molecule has 2 heterocycles. The van der Waals surface area contributed by atoms with Gasteiger partial charge in [-0.05, 0) is 38.1 Å². The Morgan fingerprint density at radius 3 is 2.23 bits per heavy atom. The van der Waals surface area contributed by atoms with Gasteiger partial charge in [0.15, 0.2) is 0 Å². The molecule has 26 heavy (non-hydrogen) atoms. The molecule has 1 saturated heterocycles. The summed E-state index contributed by atoms with van der Waals surface area (Å²) in [5.41, 5.74) is 1.87. The van der Waals surface area contributed by atoms with Gasteiger partial charge in [-0.15, -0.1) is 0 Å². The van der Waals surface area contributed by atoms with E-state index in [2.05, 4.69) is 14.7 Å². The summed E-state index contributed by atoms with van der Waals surface area (Å²) in [5.74, 6) is 0.574. The highest BCUT2D eigenvalue weighted by Crippen LogP contribution is 2.24. The van der Waals surface area contributed by atoms with Crippen molar-refractivity contribution in [1.29, 1.82) is 5.26 Å². The molecule has 0 radical (unpaired) electrons. The molecule has 1 N–H and O–H groups in total. The molecule has 3 rings (SSSR count). The van der Waals surface area contributed by atoms with Crippen LogP contribution in [0.1, 0.15) is 17.0 Å². The van der Waals surface area contributed by atoms with Crippen LogP contribution in [0.15, 0.2) is 29.2 Å². The molecule has 0 bridgehead atoms. The molecule has 0 amide bonds. The lowest BCUT2D eigenvalue weighted by atomic mass is 10.2. The molecule has 0 atom stereocenters. The van der Waals surface area contributed by atoms with Crippen LogP contribution in [0, 0.1) is 25.2 Å². The van der Waals surface area contributed by atoms with E-state index >= 15 is 0 Å². The van der Waals surface area contributed by atoms with Gasteiger partial charge >= 0.3 is 0 Å². The number of ether oxygens (including phenoxy) is 1. The number of sulfonamides is 1. The van der Waals surface area contributed by atoms with Gasteiger partial charge in [0, 0.05) is 13.1 Å². The second-order valence-corrected chi connectivity index (χ2v) is 7.59. The van der Waals surface area contributed by atoms with Crippen LogP contribution in [0.3, 0.4) is 0 Å². The monoisotopic (exact) mass is 373 g/mol. The molecule has 1 fully saturated rings. The minimum Gasteiger partial charge on any atom is -0.378 e. The lowest BCUT2D eigenvalue weighted by Crippen LogP contribution is -2.37. The fourth-order valence-electron chi connectivity index (χ4n) is 2.65. The van der Waals surface area contributed by atoms with Gasteiger partial charge in [0.2, 0.25) is 5.95 Å². The Labute approximate surface area is 152 Å². The maximum absolute atomic E-state index is 12.6. The van der Waals surface area contributed by atoms with Gasteiger partial charge in [0.05, 0.1) is 46.8 Å². The number of hydrogen-bond acceptors (Lipinski definition) is 7. The first-order chi connectivity index (χ1) is 12.4. The summed E-state index contributed by atoms with van der Waals surface area (Å²) in [6, 6.07) is 7.69. The van der Waals surface area contributed by atoms with Crippen molar-refractivity contribution in [2.75, 3.05) is 35.9 Å². The third-order valence-corrected chi connectivity index (χ3v) is 5.45. The standard InChI is InChI=1S/C17H19N5O3S/c1-12-16(13(2)20-17(19-12)22-7-9-25-10-8-22)21-26(23,24)15-5-3-14(11-18)4-6-15/h3-6,21H,7-10H2,1-2H3. The van der Waals surface area contributed by atoms with Gasteiger partial charge in [-0.3, -0.25) is 4.72 Å². The molecule has 0 saturated carbocycles. The van der Waals surface area contributed by atoms with E-state index in [9.17, 15) is 8.42 Å². The zero-order valence-electron chi connectivity index (χ0n) is 14.6. The molecular formula is C17H19N5O3S. The minimum atomic E-state index is -3.79. The van der Waals surface area contributed by atoms with Crippen molar-refractivity contribution in [3.8, 4) is 6.07 Å². The Kier molecular flexibility index (Phi) is 5.06. The van der Waals surface area contributed by atoms with Crippen LogP contribution in [0.2, 0.25) is 0 Å². The van der Waals surface area contributed by atoms with Gasteiger partial charge in [0.25, 0.3) is 10.0 Å². The highest BCUT2D eigenvalue weighted by Gasteiger charge is 2.21. The maximum Gasteiger partial charge on any atom is 0.262 e. The Morgan fingerprint density at radius 1 is 1.12 bits per heavy atom. The predicted octanol–water partition coefficient (Wildman–Crippen LogP) is 1.60. The predicted molar refractivity (Wildman–Crippen MR) is 96.5 cm³/mol. The lowest BCUT2D eigenvalue weighted by Gasteiger charge is -2.27. The maximum atomic E-state index is 12.6. The van der Waals surface area contributed by atoms with Crippen LogP contribution < -0.4 is 9.62 Å². The smallest absolute Gasteiger partial charge is 0.262 e. The number of morpholine rings is 1. The van der Waals surface area contributed by atoms with Crippen molar-refractivity contribution in [2.45, 2.75) is 18.7 Å². The van der Waals surface area contributed by atoms with Crippen molar-refractivity contribution in [1.82, 2.24) is 9.97 Å². The summed E-state index contributed by atoms with van der Waals surface area (Å²) < 4.78 is 33.1. The second-order valence-electron chi connectivity index (χ2n) is 5.91. The average Bonchev–Trinajstić information content (AvgIpc) is 2.65. The van der Waals surface area contributed by atoms with Crippen LogP contribution in [0.5, 0.6) is 0 Å². The SMILES string of the molecule is Cc1nc(N2CCOCC2)nc(C)c1NS(=O)(=O)c1ccc(C#N)cc1. The number of aryl methyl sites for hydroxylation is 2. The number of anilines is 2. The van der Waals surface area contributed by atoms with E-state index in [0.717, 1.165) is 0 Å². The fourth-order valence-corrected chi connectivity index (χ4v) is 3.83. The van der Waals surface area contributed by atoms with Gasteiger partial charge in [-0.25, -0.2) is 18.4 Å². The second kappa shape index (κ2) is 7.27. The van der Waals surface area contributed by atoms with Crippen molar-refractivity contribution < 1.29 is 13.2 Å². The third kappa shape index (κ3) is 3.76. The quantitative estimate of drug-likeness (QED) is 0.867. The molecule has 0 aliphatic carbocycles. The highest BCUT2D eigenvalue weighted by molar-refractivity contribution is 7.92. The number of nitrogens with zero attached hydrogens (tertiary/aromatic N) is 4. The molecule has 2 aromatic rings. The molecular weight excluding hydrogens is 354 g/mol. The van der Waals surface area contributed by atoms with Crippen LogP contribution in [-0.4, -0.2) is 44.7 Å². The van der Waals surface area contributed by atoms with E-state index in [1.807, 2.05) is 11.0 Å². The van der Waals surface area contributed by atoms with E-state index in [-0.39, 0.29) is 4.90 Å². The first-order valence-electron chi connectivity index (χ1n) is 8.11. The van der Waals surface area contributed by atoms with Crippen LogP contribution in [-0.2, 0) is 14.8 Å². The summed E-state index contributed by atoms with van der Waals surface area (Å²) in [4.78, 5) is 11.0. The van der Waals surface area contributed by atoms with Crippen molar-refractivity contribution in [3.05, 3.63) is 41.2 Å². The number of rotatable bonds is 4. The van der Waals surface area contributed by atoms with Crippen molar-refractivity contribution >= 4 is 21.7 Å². The summed E-state index contributed by atoms with van der Waals surface area (Å²) in [7, 11) is -3.79. The van der Waals surface area contributed by atoms with Gasteiger partial charge < -0.3 is 9.64 Å². The van der Waals surface area contributed by atoms with E-state index in [4.69, 9.17) is 10.00 Å². The molecule has 1 aromatic heterocycles. The zero-order valence-corrected chi connectivity index (χ0v) is 15.4. The molecule has 0 spiro atoms. The Bertz CT molecular complexity index is 922. The summed E-state index contributed by atoms with van der Waals surface area (Å²) in [6.07, 6.45) is 0. The van der Waals surface area contributed by atoms with E-state index in [1.54, 1.807) is 13.8 Å². The van der Waals surface area contributed by atoms with E-state index in [0.29, 0.717) is 54.9 Å². The first kappa shape index (κ1) is 18.1. The lowest BCUT2D eigenvalue weighted by molar-refractivity contribution is 0.122. The van der Waals surface area contributed by atoms with Gasteiger partial charge in [-0.2, -0.15) is 5.26 Å². The highest BCUT2D eigenvalue weighted by atomic mass is 32.2. The summed E-state index contributed by atoms with van der Waals surface area (Å²) in [5, 5.41) is 8.83. The Balaban J connectivity index is 1.87. The normalized spacial score (nSPS) is 14.7. The van der Waals surface area contributed by atoms with Crippen LogP contribution >= 0.6 is 0 Å². The topological polar surface area (TPSA) is 108 Å². The van der Waals surface area contributed by atoms with Crippen molar-refractivity contribution in [2.24, 2.45) is 0 Å². The third-order valence-electron chi connectivity index (χ3n) is 4.08. The number of benzene rings is 1. The molecule has 1 aromatic carbocycles. The molecule has 8 nitrogen and oxygen atoms in total. The summed E-state index contributed by atoms with van der Waals surface area (Å²) in [6.45, 7) is 6.14. The van der Waals surface area contributed by atoms with Crippen molar-refractivity contribution in [3.63, 3.8) is 0 Å². The van der Waals surface area contributed by atoms with Crippen LogP contribution in [0.25, 0.3) is 0 Å². The Hall–Kier alpha value is -2.70. The molecule has 1 aliphatic rings. The van der Waals surface area contributed by atoms with Crippen LogP contribution in [0.4, 0.5) is 11.6 Å². The first-order valence-corrected chi connectivity index (χ1v) is 9.60. The fraction of sp³-hybridized carbons (Fsp3) is 0.353. The largest absolute Gasteiger partial charge is 0.378 e. The van der Waals surface area contributed by atoms with Gasteiger partial charge in [0.1, 0.15) is 0 Å². The molecule has 0 unspecified atom stereocenters. The number of nitrogens with one attached hydrogen (secondary N) is 1. The minimum absolute atomic E-state index is 0.0764. The number of nitriles is 1. The Morgan fingerprint density at radius 2 is 1.69 bits per heavy atom. The zero-order chi connectivity index (χ0) is 18.7. The van der Waals surface area contributed by atoms with Gasteiger partial charge in [-0.1, -0.05) is 0 Å². The average molecular weight is 373 g/mol. The van der Waals surface area contributed by atoms with E-state index < -0.39 is 10.0 Å².